The van der Waals surface area contributed by atoms with E-state index in [9.17, 15) is 8.42 Å². The van der Waals surface area contributed by atoms with Gasteiger partial charge in [0.1, 0.15) is 0 Å². The molecule has 1 fully saturated rings. The van der Waals surface area contributed by atoms with Crippen molar-refractivity contribution in [1.29, 1.82) is 0 Å². The van der Waals surface area contributed by atoms with E-state index in [1.807, 2.05) is 18.4 Å². The zero-order valence-corrected chi connectivity index (χ0v) is 19.5. The van der Waals surface area contributed by atoms with Crippen molar-refractivity contribution in [3.63, 3.8) is 0 Å². The summed E-state index contributed by atoms with van der Waals surface area (Å²) in [4.78, 5) is 9.99. The summed E-state index contributed by atoms with van der Waals surface area (Å²) in [7, 11) is -3.39. The maximum Gasteiger partial charge on any atom is 0.270 e. The highest BCUT2D eigenvalue weighted by atomic mass is 32.2. The molecule has 0 aliphatic carbocycles. The molecule has 4 aromatic rings. The van der Waals surface area contributed by atoms with Gasteiger partial charge in [0, 0.05) is 12.1 Å². The summed E-state index contributed by atoms with van der Waals surface area (Å²) in [5, 5.41) is 12.9. The minimum absolute atomic E-state index is 0.167. The van der Waals surface area contributed by atoms with E-state index in [-0.39, 0.29) is 17.4 Å². The summed E-state index contributed by atoms with van der Waals surface area (Å²) in [5.41, 5.74) is 8.59. The van der Waals surface area contributed by atoms with E-state index >= 15 is 0 Å². The second-order valence-electron chi connectivity index (χ2n) is 7.87. The molecule has 1 aliphatic rings. The van der Waals surface area contributed by atoms with Crippen LogP contribution in [-0.4, -0.2) is 46.9 Å². The quantitative estimate of drug-likeness (QED) is 0.439. The molecule has 5 rings (SSSR count). The van der Waals surface area contributed by atoms with Crippen LogP contribution in [0.2, 0.25) is 0 Å². The molecule has 0 saturated carbocycles. The standard InChI is InChI=1S/C22H22N6O3S2/c1-13-8-10-32-19(13)22-28-27-21(31-22)18-20(23)25-12-17(26-18)14-4-6-15(7-5-14)33(29,30)16-3-2-9-24-11-16/h4-8,10,12,16,24H,2-3,9,11H2,1H3,(H2,23,25)/t16-/m1/s1. The normalized spacial score (nSPS) is 16.7. The lowest BCUT2D eigenvalue weighted by Gasteiger charge is -2.22. The molecular formula is C22H22N6O3S2. The molecule has 11 heteroatoms. The van der Waals surface area contributed by atoms with Crippen LogP contribution < -0.4 is 11.1 Å². The van der Waals surface area contributed by atoms with E-state index in [0.29, 0.717) is 35.0 Å². The summed E-state index contributed by atoms with van der Waals surface area (Å²) in [6.07, 6.45) is 3.06. The van der Waals surface area contributed by atoms with Gasteiger partial charge in [0.2, 0.25) is 0 Å². The number of piperidine rings is 1. The molecule has 0 spiro atoms. The van der Waals surface area contributed by atoms with E-state index in [0.717, 1.165) is 23.4 Å². The van der Waals surface area contributed by atoms with Crippen LogP contribution in [0.4, 0.5) is 5.82 Å². The number of rotatable bonds is 5. The van der Waals surface area contributed by atoms with Crippen molar-refractivity contribution < 1.29 is 12.8 Å². The number of nitrogen functional groups attached to an aromatic ring is 1. The van der Waals surface area contributed by atoms with Gasteiger partial charge in [-0.25, -0.2) is 18.4 Å². The summed E-state index contributed by atoms with van der Waals surface area (Å²) >= 11 is 1.51. The molecule has 1 aliphatic heterocycles. The second-order valence-corrected chi connectivity index (χ2v) is 11.0. The molecule has 0 radical (unpaired) electrons. The number of benzene rings is 1. The van der Waals surface area contributed by atoms with Gasteiger partial charge in [-0.2, -0.15) is 0 Å². The molecule has 1 atom stereocenters. The maximum atomic E-state index is 12.9. The first-order valence-electron chi connectivity index (χ1n) is 10.5. The Hall–Kier alpha value is -3.15. The Kier molecular flexibility index (Phi) is 5.69. The Balaban J connectivity index is 1.44. The Morgan fingerprint density at radius 3 is 2.64 bits per heavy atom. The minimum Gasteiger partial charge on any atom is -0.414 e. The lowest BCUT2D eigenvalue weighted by atomic mass is 10.1. The summed E-state index contributed by atoms with van der Waals surface area (Å²) in [6.45, 7) is 3.31. The third-order valence-electron chi connectivity index (χ3n) is 5.65. The topological polar surface area (TPSA) is 137 Å². The number of nitrogens with one attached hydrogen (secondary N) is 1. The Bertz CT molecular complexity index is 1390. The van der Waals surface area contributed by atoms with Crippen LogP contribution in [0.3, 0.4) is 0 Å². The molecule has 3 aromatic heterocycles. The number of thiophene rings is 1. The van der Waals surface area contributed by atoms with Gasteiger partial charge in [0.05, 0.1) is 26.9 Å². The third kappa shape index (κ3) is 4.14. The highest BCUT2D eigenvalue weighted by Gasteiger charge is 2.29. The molecule has 33 heavy (non-hydrogen) atoms. The summed E-state index contributed by atoms with van der Waals surface area (Å²) in [6, 6.07) is 8.65. The van der Waals surface area contributed by atoms with Crippen molar-refractivity contribution in [2.45, 2.75) is 29.9 Å². The smallest absolute Gasteiger partial charge is 0.270 e. The van der Waals surface area contributed by atoms with Crippen LogP contribution in [-0.2, 0) is 9.84 Å². The fourth-order valence-electron chi connectivity index (χ4n) is 3.79. The van der Waals surface area contributed by atoms with Gasteiger partial charge in [-0.1, -0.05) is 12.1 Å². The maximum absolute atomic E-state index is 12.9. The van der Waals surface area contributed by atoms with Crippen LogP contribution in [0.15, 0.2) is 51.2 Å². The molecule has 0 unspecified atom stereocenters. The first-order chi connectivity index (χ1) is 15.9. The molecular weight excluding hydrogens is 460 g/mol. The van der Waals surface area contributed by atoms with Gasteiger partial charge in [-0.3, -0.25) is 0 Å². The number of nitrogens with zero attached hydrogens (tertiary/aromatic N) is 4. The first kappa shape index (κ1) is 21.7. The van der Waals surface area contributed by atoms with Gasteiger partial charge in [0.25, 0.3) is 11.8 Å². The van der Waals surface area contributed by atoms with Crippen molar-refractivity contribution in [2.75, 3.05) is 18.8 Å². The largest absolute Gasteiger partial charge is 0.414 e. The van der Waals surface area contributed by atoms with Gasteiger partial charge in [-0.15, -0.1) is 21.5 Å². The molecule has 9 nitrogen and oxygen atoms in total. The van der Waals surface area contributed by atoms with E-state index < -0.39 is 15.1 Å². The molecule has 0 amide bonds. The predicted octanol–water partition coefficient (Wildman–Crippen LogP) is 3.34. The van der Waals surface area contributed by atoms with Crippen LogP contribution >= 0.6 is 11.3 Å². The lowest BCUT2D eigenvalue weighted by Crippen LogP contribution is -2.38. The van der Waals surface area contributed by atoms with Gasteiger partial charge >= 0.3 is 0 Å². The highest BCUT2D eigenvalue weighted by Crippen LogP contribution is 2.32. The predicted molar refractivity (Wildman–Crippen MR) is 126 cm³/mol. The second kappa shape index (κ2) is 8.65. The average Bonchev–Trinajstić information content (AvgIpc) is 3.49. The molecule has 3 N–H and O–H groups in total. The van der Waals surface area contributed by atoms with Crippen LogP contribution in [0.1, 0.15) is 18.4 Å². The average molecular weight is 483 g/mol. The number of aryl methyl sites for hydroxylation is 1. The number of hydrogen-bond acceptors (Lipinski definition) is 10. The van der Waals surface area contributed by atoms with Crippen molar-refractivity contribution in [2.24, 2.45) is 0 Å². The lowest BCUT2D eigenvalue weighted by molar-refractivity contribution is 0.497. The first-order valence-corrected chi connectivity index (χ1v) is 12.9. The zero-order valence-electron chi connectivity index (χ0n) is 17.9. The van der Waals surface area contributed by atoms with Gasteiger partial charge in [0.15, 0.2) is 21.3 Å². The van der Waals surface area contributed by atoms with Crippen LogP contribution in [0.25, 0.3) is 33.6 Å². The third-order valence-corrected chi connectivity index (χ3v) is 8.87. The van der Waals surface area contributed by atoms with E-state index in [4.69, 9.17) is 10.2 Å². The molecule has 170 valence electrons. The number of hydrogen-bond donors (Lipinski definition) is 2. The molecule has 1 aromatic carbocycles. The summed E-state index contributed by atoms with van der Waals surface area (Å²) in [5.74, 6) is 0.741. The van der Waals surface area contributed by atoms with Crippen LogP contribution in [0.5, 0.6) is 0 Å². The number of sulfone groups is 1. The zero-order chi connectivity index (χ0) is 23.0. The molecule has 1 saturated heterocycles. The SMILES string of the molecule is Cc1ccsc1-c1nnc(-c2nc(-c3ccc(S(=O)(=O)[C@@H]4CCCNC4)cc3)cnc2N)o1. The Labute approximate surface area is 195 Å². The molecule has 4 heterocycles. The van der Waals surface area contributed by atoms with Crippen molar-refractivity contribution in [3.05, 3.63) is 47.5 Å². The van der Waals surface area contributed by atoms with Gasteiger partial charge < -0.3 is 15.5 Å². The van der Waals surface area contributed by atoms with Gasteiger partial charge in [-0.05, 0) is 55.5 Å². The van der Waals surface area contributed by atoms with E-state index in [1.165, 1.54) is 17.5 Å². The summed E-state index contributed by atoms with van der Waals surface area (Å²) < 4.78 is 31.7. The van der Waals surface area contributed by atoms with Crippen molar-refractivity contribution in [3.8, 4) is 33.6 Å². The highest BCUT2D eigenvalue weighted by molar-refractivity contribution is 7.92. The van der Waals surface area contributed by atoms with Crippen LogP contribution in [0, 0.1) is 6.92 Å². The van der Waals surface area contributed by atoms with E-state index in [1.54, 1.807) is 24.3 Å². The van der Waals surface area contributed by atoms with Crippen molar-refractivity contribution >= 4 is 27.0 Å². The van der Waals surface area contributed by atoms with E-state index in [2.05, 4.69) is 25.5 Å². The van der Waals surface area contributed by atoms with Crippen molar-refractivity contribution in [1.82, 2.24) is 25.5 Å². The fourth-order valence-corrected chi connectivity index (χ4v) is 6.35. The number of anilines is 1. The monoisotopic (exact) mass is 482 g/mol. The fraction of sp³-hybridized carbons (Fsp3) is 0.273. The Morgan fingerprint density at radius 2 is 1.94 bits per heavy atom. The minimum atomic E-state index is -3.39. The number of aromatic nitrogens is 4. The number of nitrogens with two attached hydrogens (primary N) is 1. The Morgan fingerprint density at radius 1 is 1.15 bits per heavy atom. The molecule has 0 bridgehead atoms.